The molecule has 2 nitrogen and oxygen atoms in total. The van der Waals surface area contributed by atoms with Gasteiger partial charge in [-0.15, -0.1) is 11.3 Å². The number of hydrogen-bond donors (Lipinski definition) is 1. The molecule has 1 atom stereocenters. The molecule has 92 valence electrons. The summed E-state index contributed by atoms with van der Waals surface area (Å²) in [5, 5.41) is 1.12. The summed E-state index contributed by atoms with van der Waals surface area (Å²) >= 11 is 7.43. The molecule has 0 aliphatic heterocycles. The van der Waals surface area contributed by atoms with Crippen molar-refractivity contribution in [2.24, 2.45) is 5.73 Å². The third-order valence-corrected chi connectivity index (χ3v) is 4.38. The molecule has 18 heavy (non-hydrogen) atoms. The van der Waals surface area contributed by atoms with Gasteiger partial charge in [-0.3, -0.25) is 0 Å². The summed E-state index contributed by atoms with van der Waals surface area (Å²) in [4.78, 5) is 1.02. The maximum absolute atomic E-state index is 6.25. The van der Waals surface area contributed by atoms with Crippen LogP contribution in [0.4, 0.5) is 0 Å². The second-order valence-electron chi connectivity index (χ2n) is 4.21. The Labute approximate surface area is 114 Å². The van der Waals surface area contributed by atoms with Gasteiger partial charge in [0.05, 0.1) is 10.4 Å². The van der Waals surface area contributed by atoms with E-state index in [1.165, 1.54) is 11.3 Å². The highest BCUT2D eigenvalue weighted by atomic mass is 35.5. The standard InChI is InChI=1S/C14H12ClNOS/c1-8-9-4-2-3-5-10(9)17-14(8)13(16)11-6-7-12(15)18-11/h2-7,13H,16H2,1H3. The molecule has 0 saturated carbocycles. The van der Waals surface area contributed by atoms with Gasteiger partial charge in [-0.25, -0.2) is 0 Å². The Balaban J connectivity index is 2.11. The average molecular weight is 278 g/mol. The molecular weight excluding hydrogens is 266 g/mol. The van der Waals surface area contributed by atoms with Crippen molar-refractivity contribution in [1.29, 1.82) is 0 Å². The molecule has 0 radical (unpaired) electrons. The van der Waals surface area contributed by atoms with Crippen LogP contribution in [-0.4, -0.2) is 0 Å². The molecule has 2 aromatic heterocycles. The maximum atomic E-state index is 6.25. The SMILES string of the molecule is Cc1c(C(N)c2ccc(Cl)s2)oc2ccccc12. The molecule has 3 aromatic rings. The Morgan fingerprint density at radius 3 is 2.67 bits per heavy atom. The number of aryl methyl sites for hydroxylation is 1. The van der Waals surface area contributed by atoms with Crippen molar-refractivity contribution in [3.05, 3.63) is 56.9 Å². The van der Waals surface area contributed by atoms with E-state index in [1.54, 1.807) is 0 Å². The summed E-state index contributed by atoms with van der Waals surface area (Å²) in [6, 6.07) is 11.5. The van der Waals surface area contributed by atoms with Crippen LogP contribution in [-0.2, 0) is 0 Å². The van der Waals surface area contributed by atoms with E-state index in [-0.39, 0.29) is 6.04 Å². The van der Waals surface area contributed by atoms with Crippen LogP contribution in [0, 0.1) is 6.92 Å². The summed E-state index contributed by atoms with van der Waals surface area (Å²) in [6.07, 6.45) is 0. The number of rotatable bonds is 2. The molecule has 0 amide bonds. The van der Waals surface area contributed by atoms with Gasteiger partial charge >= 0.3 is 0 Å². The monoisotopic (exact) mass is 277 g/mol. The Bertz CT molecular complexity index is 701. The number of thiophene rings is 1. The fraction of sp³-hybridized carbons (Fsp3) is 0.143. The number of halogens is 1. The molecular formula is C14H12ClNOS. The minimum Gasteiger partial charge on any atom is -0.459 e. The second kappa shape index (κ2) is 4.43. The number of benzene rings is 1. The highest BCUT2D eigenvalue weighted by Crippen LogP contribution is 2.34. The number of para-hydroxylation sites is 1. The van der Waals surface area contributed by atoms with Crippen LogP contribution in [0.2, 0.25) is 4.34 Å². The van der Waals surface area contributed by atoms with Crippen LogP contribution in [0.15, 0.2) is 40.8 Å². The highest BCUT2D eigenvalue weighted by Gasteiger charge is 2.19. The molecule has 0 saturated heterocycles. The van der Waals surface area contributed by atoms with Gasteiger partial charge in [0.1, 0.15) is 11.3 Å². The van der Waals surface area contributed by atoms with Gasteiger partial charge < -0.3 is 10.2 Å². The molecule has 0 aliphatic rings. The second-order valence-corrected chi connectivity index (χ2v) is 5.95. The maximum Gasteiger partial charge on any atom is 0.134 e. The lowest BCUT2D eigenvalue weighted by atomic mass is 10.1. The molecule has 1 aromatic carbocycles. The summed E-state index contributed by atoms with van der Waals surface area (Å²) in [5.74, 6) is 0.815. The third-order valence-electron chi connectivity index (χ3n) is 3.06. The minimum atomic E-state index is -0.255. The smallest absolute Gasteiger partial charge is 0.134 e. The van der Waals surface area contributed by atoms with E-state index in [4.69, 9.17) is 21.8 Å². The van der Waals surface area contributed by atoms with E-state index in [9.17, 15) is 0 Å². The largest absolute Gasteiger partial charge is 0.459 e. The molecule has 2 N–H and O–H groups in total. The van der Waals surface area contributed by atoms with Gasteiger partial charge in [-0.05, 0) is 25.1 Å². The Morgan fingerprint density at radius 2 is 2.00 bits per heavy atom. The quantitative estimate of drug-likeness (QED) is 0.749. The lowest BCUT2D eigenvalue weighted by Gasteiger charge is -2.07. The van der Waals surface area contributed by atoms with Crippen LogP contribution >= 0.6 is 22.9 Å². The zero-order valence-electron chi connectivity index (χ0n) is 9.81. The van der Waals surface area contributed by atoms with E-state index >= 15 is 0 Å². The van der Waals surface area contributed by atoms with E-state index < -0.39 is 0 Å². The highest BCUT2D eigenvalue weighted by molar-refractivity contribution is 7.16. The van der Waals surface area contributed by atoms with Gasteiger partial charge in [0, 0.05) is 15.8 Å². The summed E-state index contributed by atoms with van der Waals surface area (Å²) in [5.41, 5.74) is 8.23. The van der Waals surface area contributed by atoms with Crippen molar-refractivity contribution in [3.8, 4) is 0 Å². The van der Waals surface area contributed by atoms with E-state index in [1.807, 2.05) is 43.3 Å². The molecule has 0 bridgehead atoms. The molecule has 0 spiro atoms. The predicted molar refractivity (Wildman–Crippen MR) is 76.3 cm³/mol. The van der Waals surface area contributed by atoms with Gasteiger partial charge in [0.2, 0.25) is 0 Å². The lowest BCUT2D eigenvalue weighted by Crippen LogP contribution is -2.10. The van der Waals surface area contributed by atoms with Gasteiger partial charge in [-0.1, -0.05) is 29.8 Å². The third kappa shape index (κ3) is 1.85. The first kappa shape index (κ1) is 11.8. The minimum absolute atomic E-state index is 0.255. The normalized spacial score (nSPS) is 13.1. The molecule has 3 rings (SSSR count). The van der Waals surface area contributed by atoms with Crippen molar-refractivity contribution in [3.63, 3.8) is 0 Å². The van der Waals surface area contributed by atoms with Crippen LogP contribution < -0.4 is 5.73 Å². The summed E-state index contributed by atoms with van der Waals surface area (Å²) in [7, 11) is 0. The Kier molecular flexibility index (Phi) is 2.90. The number of furan rings is 1. The number of nitrogens with two attached hydrogens (primary N) is 1. The van der Waals surface area contributed by atoms with Crippen LogP contribution in [0.25, 0.3) is 11.0 Å². The Morgan fingerprint density at radius 1 is 1.22 bits per heavy atom. The van der Waals surface area contributed by atoms with Gasteiger partial charge in [-0.2, -0.15) is 0 Å². The topological polar surface area (TPSA) is 39.2 Å². The van der Waals surface area contributed by atoms with Crippen molar-refractivity contribution in [1.82, 2.24) is 0 Å². The summed E-state index contributed by atoms with van der Waals surface area (Å²) < 4.78 is 6.61. The average Bonchev–Trinajstić information content (AvgIpc) is 2.94. The first-order valence-electron chi connectivity index (χ1n) is 5.65. The van der Waals surface area contributed by atoms with Gasteiger partial charge in [0.25, 0.3) is 0 Å². The van der Waals surface area contributed by atoms with Crippen LogP contribution in [0.1, 0.15) is 22.2 Å². The first-order chi connectivity index (χ1) is 8.66. The summed E-state index contributed by atoms with van der Waals surface area (Å²) in [6.45, 7) is 2.04. The molecule has 1 unspecified atom stereocenters. The van der Waals surface area contributed by atoms with E-state index in [0.29, 0.717) is 0 Å². The predicted octanol–water partition coefficient (Wildman–Crippen LogP) is 4.50. The van der Waals surface area contributed by atoms with Crippen molar-refractivity contribution in [2.75, 3.05) is 0 Å². The Hall–Kier alpha value is -1.29. The zero-order chi connectivity index (χ0) is 12.7. The fourth-order valence-corrected chi connectivity index (χ4v) is 3.18. The molecule has 0 aliphatic carbocycles. The molecule has 0 fully saturated rings. The fourth-order valence-electron chi connectivity index (χ4n) is 2.11. The van der Waals surface area contributed by atoms with E-state index in [0.717, 1.165) is 31.5 Å². The lowest BCUT2D eigenvalue weighted by molar-refractivity contribution is 0.524. The van der Waals surface area contributed by atoms with Crippen molar-refractivity contribution >= 4 is 33.9 Å². The van der Waals surface area contributed by atoms with Crippen molar-refractivity contribution in [2.45, 2.75) is 13.0 Å². The molecule has 4 heteroatoms. The van der Waals surface area contributed by atoms with Crippen LogP contribution in [0.3, 0.4) is 0 Å². The van der Waals surface area contributed by atoms with Crippen LogP contribution in [0.5, 0.6) is 0 Å². The van der Waals surface area contributed by atoms with Crippen molar-refractivity contribution < 1.29 is 4.42 Å². The first-order valence-corrected chi connectivity index (χ1v) is 6.85. The zero-order valence-corrected chi connectivity index (χ0v) is 11.4. The van der Waals surface area contributed by atoms with Gasteiger partial charge in [0.15, 0.2) is 0 Å². The number of fused-ring (bicyclic) bond motifs is 1. The molecule has 2 heterocycles. The number of hydrogen-bond acceptors (Lipinski definition) is 3. The van der Waals surface area contributed by atoms with E-state index in [2.05, 4.69) is 0 Å².